The molecule has 0 spiro atoms. The van der Waals surface area contributed by atoms with Gasteiger partial charge in [0.1, 0.15) is 11.5 Å². The maximum atomic E-state index is 5.98. The molecule has 2 N–H and O–H groups in total. The molecule has 2 nitrogen and oxygen atoms in total. The van der Waals surface area contributed by atoms with E-state index in [1.165, 1.54) is 11.1 Å². The number of benzene rings is 3. The van der Waals surface area contributed by atoms with Crippen LogP contribution in [0.5, 0.6) is 11.5 Å². The largest absolute Gasteiger partial charge is 0.455 e. The van der Waals surface area contributed by atoms with E-state index in [0.29, 0.717) is 11.4 Å². The van der Waals surface area contributed by atoms with E-state index in [4.69, 9.17) is 10.5 Å². The van der Waals surface area contributed by atoms with Crippen molar-refractivity contribution in [2.24, 2.45) is 0 Å². The molecule has 2 heteroatoms. The van der Waals surface area contributed by atoms with E-state index in [1.807, 2.05) is 43.3 Å². The molecule has 3 rings (SSSR count). The molecule has 22 heavy (non-hydrogen) atoms. The summed E-state index contributed by atoms with van der Waals surface area (Å²) in [4.78, 5) is 0. The van der Waals surface area contributed by atoms with Crippen molar-refractivity contribution in [3.8, 4) is 11.5 Å². The summed E-state index contributed by atoms with van der Waals surface area (Å²) in [5, 5.41) is 0. The zero-order valence-electron chi connectivity index (χ0n) is 12.6. The van der Waals surface area contributed by atoms with Gasteiger partial charge in [-0.2, -0.15) is 0 Å². The first-order valence-electron chi connectivity index (χ1n) is 7.37. The molecular weight excluding hydrogens is 270 g/mol. The van der Waals surface area contributed by atoms with Crippen molar-refractivity contribution in [2.75, 3.05) is 5.73 Å². The number of ether oxygens (including phenoxy) is 1. The molecule has 3 aromatic carbocycles. The van der Waals surface area contributed by atoms with Crippen molar-refractivity contribution in [1.29, 1.82) is 0 Å². The number of rotatable bonds is 4. The van der Waals surface area contributed by atoms with E-state index >= 15 is 0 Å². The highest BCUT2D eigenvalue weighted by molar-refractivity contribution is 5.55. The second-order valence-corrected chi connectivity index (χ2v) is 5.45. The van der Waals surface area contributed by atoms with E-state index in [0.717, 1.165) is 17.7 Å². The number of anilines is 1. The van der Waals surface area contributed by atoms with Crippen LogP contribution in [0.4, 0.5) is 5.69 Å². The molecule has 0 saturated carbocycles. The van der Waals surface area contributed by atoms with E-state index in [2.05, 4.69) is 36.4 Å². The Kier molecular flexibility index (Phi) is 4.10. The second kappa shape index (κ2) is 6.35. The van der Waals surface area contributed by atoms with Crippen LogP contribution in [0.25, 0.3) is 0 Å². The fourth-order valence-corrected chi connectivity index (χ4v) is 2.39. The van der Waals surface area contributed by atoms with Crippen LogP contribution < -0.4 is 10.5 Å². The number of hydrogen-bond donors (Lipinski definition) is 1. The van der Waals surface area contributed by atoms with Crippen molar-refractivity contribution in [1.82, 2.24) is 0 Å². The van der Waals surface area contributed by atoms with Crippen molar-refractivity contribution in [3.05, 3.63) is 89.5 Å². The van der Waals surface area contributed by atoms with Crippen molar-refractivity contribution >= 4 is 5.69 Å². The molecule has 0 aliphatic rings. The molecule has 0 fully saturated rings. The van der Waals surface area contributed by atoms with Gasteiger partial charge < -0.3 is 10.5 Å². The molecule has 0 amide bonds. The SMILES string of the molecule is Cc1ccc(Oc2ccc(Cc3ccccc3)cc2)c(N)c1. The number of nitrogen functional groups attached to an aromatic ring is 1. The van der Waals surface area contributed by atoms with Gasteiger partial charge >= 0.3 is 0 Å². The van der Waals surface area contributed by atoms with E-state index in [9.17, 15) is 0 Å². The Balaban J connectivity index is 1.71. The Labute approximate surface area is 131 Å². The molecule has 0 aliphatic carbocycles. The van der Waals surface area contributed by atoms with Crippen LogP contribution in [0.3, 0.4) is 0 Å². The number of hydrogen-bond acceptors (Lipinski definition) is 2. The van der Waals surface area contributed by atoms with Crippen LogP contribution in [0.15, 0.2) is 72.8 Å². The molecule has 0 radical (unpaired) electrons. The molecular formula is C20H19NO. The minimum absolute atomic E-state index is 0.661. The molecule has 0 aliphatic heterocycles. The maximum Gasteiger partial charge on any atom is 0.150 e. The van der Waals surface area contributed by atoms with Gasteiger partial charge in [-0.3, -0.25) is 0 Å². The Morgan fingerprint density at radius 3 is 2.18 bits per heavy atom. The zero-order valence-corrected chi connectivity index (χ0v) is 12.6. The van der Waals surface area contributed by atoms with Crippen LogP contribution in [0.1, 0.15) is 16.7 Å². The van der Waals surface area contributed by atoms with Gasteiger partial charge in [-0.05, 0) is 54.3 Å². The number of aryl methyl sites for hydroxylation is 1. The van der Waals surface area contributed by atoms with E-state index < -0.39 is 0 Å². The Bertz CT molecular complexity index is 748. The van der Waals surface area contributed by atoms with Gasteiger partial charge in [0.05, 0.1) is 5.69 Å². The summed E-state index contributed by atoms with van der Waals surface area (Å²) < 4.78 is 5.84. The Hall–Kier alpha value is -2.74. The molecule has 0 bridgehead atoms. The quantitative estimate of drug-likeness (QED) is 0.689. The van der Waals surface area contributed by atoms with Crippen LogP contribution in [-0.4, -0.2) is 0 Å². The van der Waals surface area contributed by atoms with Crippen molar-refractivity contribution in [3.63, 3.8) is 0 Å². The molecule has 0 unspecified atom stereocenters. The van der Waals surface area contributed by atoms with Crippen molar-refractivity contribution in [2.45, 2.75) is 13.3 Å². The first kappa shape index (κ1) is 14.2. The predicted molar refractivity (Wildman–Crippen MR) is 91.4 cm³/mol. The zero-order chi connectivity index (χ0) is 15.4. The molecule has 0 atom stereocenters. The fraction of sp³-hybridized carbons (Fsp3) is 0.100. The average molecular weight is 289 g/mol. The van der Waals surface area contributed by atoms with Gasteiger partial charge in [-0.25, -0.2) is 0 Å². The summed E-state index contributed by atoms with van der Waals surface area (Å²) in [7, 11) is 0. The third-order valence-corrected chi connectivity index (χ3v) is 3.57. The predicted octanol–water partition coefficient (Wildman–Crippen LogP) is 4.96. The summed E-state index contributed by atoms with van der Waals surface area (Å²) in [5.74, 6) is 1.49. The maximum absolute atomic E-state index is 5.98. The summed E-state index contributed by atoms with van der Waals surface area (Å²) in [6, 6.07) is 24.4. The lowest BCUT2D eigenvalue weighted by molar-refractivity contribution is 0.485. The minimum Gasteiger partial charge on any atom is -0.455 e. The second-order valence-electron chi connectivity index (χ2n) is 5.45. The Morgan fingerprint density at radius 1 is 0.818 bits per heavy atom. The summed E-state index contributed by atoms with van der Waals surface area (Å²) in [6.45, 7) is 2.01. The van der Waals surface area contributed by atoms with Gasteiger partial charge in [0.2, 0.25) is 0 Å². The normalized spacial score (nSPS) is 10.4. The van der Waals surface area contributed by atoms with Gasteiger partial charge in [0, 0.05) is 0 Å². The molecule has 0 saturated heterocycles. The molecule has 0 heterocycles. The minimum atomic E-state index is 0.661. The van der Waals surface area contributed by atoms with Gasteiger partial charge in [0.25, 0.3) is 0 Å². The van der Waals surface area contributed by atoms with Crippen LogP contribution in [0.2, 0.25) is 0 Å². The fourth-order valence-electron chi connectivity index (χ4n) is 2.39. The van der Waals surface area contributed by atoms with Gasteiger partial charge in [-0.1, -0.05) is 48.5 Å². The lowest BCUT2D eigenvalue weighted by Gasteiger charge is -2.10. The van der Waals surface area contributed by atoms with E-state index in [-0.39, 0.29) is 0 Å². The first-order valence-corrected chi connectivity index (χ1v) is 7.37. The van der Waals surface area contributed by atoms with Crippen LogP contribution >= 0.6 is 0 Å². The Morgan fingerprint density at radius 2 is 1.50 bits per heavy atom. The van der Waals surface area contributed by atoms with Gasteiger partial charge in [0.15, 0.2) is 0 Å². The highest BCUT2D eigenvalue weighted by Gasteiger charge is 2.03. The standard InChI is InChI=1S/C20H19NO/c1-15-7-12-20(19(21)13-15)22-18-10-8-17(9-11-18)14-16-5-3-2-4-6-16/h2-13H,14,21H2,1H3. The molecule has 0 aromatic heterocycles. The molecule has 110 valence electrons. The smallest absolute Gasteiger partial charge is 0.150 e. The van der Waals surface area contributed by atoms with Crippen LogP contribution in [-0.2, 0) is 6.42 Å². The summed E-state index contributed by atoms with van der Waals surface area (Å²) in [6.07, 6.45) is 0.924. The highest BCUT2D eigenvalue weighted by atomic mass is 16.5. The lowest BCUT2D eigenvalue weighted by atomic mass is 10.1. The van der Waals surface area contributed by atoms with Crippen molar-refractivity contribution < 1.29 is 4.74 Å². The third kappa shape index (κ3) is 3.47. The van der Waals surface area contributed by atoms with E-state index in [1.54, 1.807) is 0 Å². The monoisotopic (exact) mass is 289 g/mol. The topological polar surface area (TPSA) is 35.2 Å². The summed E-state index contributed by atoms with van der Waals surface area (Å²) in [5.41, 5.74) is 10.3. The average Bonchev–Trinajstić information content (AvgIpc) is 2.53. The highest BCUT2D eigenvalue weighted by Crippen LogP contribution is 2.28. The third-order valence-electron chi connectivity index (χ3n) is 3.57. The lowest BCUT2D eigenvalue weighted by Crippen LogP contribution is -1.93. The summed E-state index contributed by atoms with van der Waals surface area (Å²) >= 11 is 0. The number of nitrogens with two attached hydrogens (primary N) is 1. The first-order chi connectivity index (χ1) is 10.7. The van der Waals surface area contributed by atoms with Gasteiger partial charge in [-0.15, -0.1) is 0 Å². The molecule has 3 aromatic rings. The van der Waals surface area contributed by atoms with Crippen LogP contribution in [0, 0.1) is 6.92 Å².